The predicted octanol–water partition coefficient (Wildman–Crippen LogP) is 10.2. The molecule has 6 aromatic carbocycles. The first-order chi connectivity index (χ1) is 56.0. The van der Waals surface area contributed by atoms with Crippen LogP contribution in [0.5, 0.6) is 5.75 Å². The first kappa shape index (κ1) is 91.7. The van der Waals surface area contributed by atoms with Crippen molar-refractivity contribution in [2.75, 3.05) is 26.3 Å². The zero-order valence-corrected chi connectivity index (χ0v) is 70.0. The van der Waals surface area contributed by atoms with Gasteiger partial charge in [0, 0.05) is 48.7 Å². The minimum absolute atomic E-state index is 0.00227. The number of guanidine groups is 1. The molecular weight excluding hydrogens is 1530 g/mol. The molecule has 30 heteroatoms. The van der Waals surface area contributed by atoms with Gasteiger partial charge in [0.1, 0.15) is 65.8 Å². The van der Waals surface area contributed by atoms with Gasteiger partial charge in [-0.1, -0.05) is 185 Å². The summed E-state index contributed by atoms with van der Waals surface area (Å²) in [5, 5.41) is 44.5. The van der Waals surface area contributed by atoms with Gasteiger partial charge in [0.15, 0.2) is 0 Å². The molecule has 0 saturated heterocycles. The molecule has 8 rings (SSSR count). The number of carboxylic acid groups (broad SMARTS) is 1. The van der Waals surface area contributed by atoms with Gasteiger partial charge >= 0.3 is 12.1 Å². The topological polar surface area (TPSA) is 434 Å². The van der Waals surface area contributed by atoms with Crippen LogP contribution in [0.4, 0.5) is 4.79 Å². The number of hydrogen-bond donors (Lipinski definition) is 11. The van der Waals surface area contributed by atoms with Gasteiger partial charge in [0.05, 0.1) is 17.1 Å². The van der Waals surface area contributed by atoms with Crippen LogP contribution < -0.4 is 53.0 Å². The van der Waals surface area contributed by atoms with Crippen molar-refractivity contribution >= 4 is 69.4 Å². The molecule has 1 aliphatic carbocycles. The second kappa shape index (κ2) is 41.4. The van der Waals surface area contributed by atoms with Crippen molar-refractivity contribution in [3.8, 4) is 29.2 Å². The molecule has 0 aromatic heterocycles. The second-order valence-corrected chi connectivity index (χ2v) is 33.8. The first-order valence-corrected chi connectivity index (χ1v) is 41.3. The standard InChI is InChI=1S/C88H112N14O15S/c1-14-32-67(77(104)96-71(49-53(3)4)80(107)95-70(83(110)111)44-31-48-102(84(89)90)118(113,114)76-56(7)55(6)75-65(57(76)8)50-87(12,13)117-75)93-79(106)69(45-46-73(103)100-88(58-33-19-16-20-34-58,59-35-21-17-22-36-59)60-37-23-18-24-38-60)94-82(109)74(54(5)15-2)99-81(108)72(52-116-86(9,10)11)97-78(105)68(43-29-30-47-92-101-91)98-85(112)115-51-66-63-41-27-25-39-61(63)62-40-26-28-42-64(62)66/h1,16-28,33-42,53-54,66-72,74H,15,29-32,43-52H2,2-13H3,(H3,89,90)(H,93,106)(H,94,109)(H,95,107)(H,96,104)(H,97,105)(H,98,112)(H,99,108)(H,100,103)(H,110,111)/t54-,67-,68-,69-,70-,71-,72-,74-/m0/s1. The van der Waals surface area contributed by atoms with Crippen LogP contribution >= 0.6 is 0 Å². The van der Waals surface area contributed by atoms with Gasteiger partial charge in [-0.05, 0) is 167 Å². The number of alkyl carbamates (subject to hydrolysis) is 1. The molecule has 12 N–H and O–H groups in total. The van der Waals surface area contributed by atoms with E-state index in [-0.39, 0.29) is 68.4 Å². The average Bonchev–Trinajstić information content (AvgIpc) is 1.46. The Balaban J connectivity index is 1.05. The number of nitrogens with two attached hydrogens (primary N) is 1. The maximum Gasteiger partial charge on any atom is 0.407 e. The molecule has 0 saturated carbocycles. The minimum atomic E-state index is -4.53. The molecule has 0 spiro atoms. The van der Waals surface area contributed by atoms with E-state index < -0.39 is 167 Å². The Morgan fingerprint density at radius 1 is 0.669 bits per heavy atom. The van der Waals surface area contributed by atoms with Crippen LogP contribution in [0.15, 0.2) is 150 Å². The molecule has 29 nitrogen and oxygen atoms in total. The summed E-state index contributed by atoms with van der Waals surface area (Å²) in [4.78, 5) is 134. The van der Waals surface area contributed by atoms with E-state index in [9.17, 15) is 37.5 Å². The number of rotatable bonds is 41. The van der Waals surface area contributed by atoms with Crippen LogP contribution in [-0.2, 0) is 69.8 Å². The van der Waals surface area contributed by atoms with Crippen molar-refractivity contribution in [1.82, 2.24) is 46.8 Å². The number of fused-ring (bicyclic) bond motifs is 4. The fourth-order valence-electron chi connectivity index (χ4n) is 14.9. The minimum Gasteiger partial charge on any atom is -0.487 e. The summed E-state index contributed by atoms with van der Waals surface area (Å²) in [6.45, 7) is 19.9. The fourth-order valence-corrected chi connectivity index (χ4v) is 16.8. The fraction of sp³-hybridized carbons (Fsp3) is 0.455. The third-order valence-corrected chi connectivity index (χ3v) is 23.3. The SMILES string of the molecule is C#CC[C@H](NC(=O)[C@H](CCC(=O)NC(c1ccccc1)(c1ccccc1)c1ccccc1)NC(=O)[C@@H](NC(=O)[C@H](COC(C)(C)C)NC(=O)[C@H](CCCCN=[N+]=[N-])NC(=O)OCC1c2ccccc2-c2ccccc21)[C@@H](C)CC)C(=O)N[C@@H](CC(C)C)C(=O)N[C@@H](CCCN(C(=N)N)S(=O)(=O)c1c(C)c(C)c2c(c1C)CC(C)(C)O2)C(=O)O. The lowest BCUT2D eigenvalue weighted by Crippen LogP contribution is -2.61. The zero-order valence-electron chi connectivity index (χ0n) is 69.2. The molecule has 6 aromatic rings. The highest BCUT2D eigenvalue weighted by molar-refractivity contribution is 7.89. The molecule has 1 heterocycles. The Kier molecular flexibility index (Phi) is 32.1. The maximum absolute atomic E-state index is 15.4. The molecule has 118 heavy (non-hydrogen) atoms. The molecule has 8 amide bonds. The lowest BCUT2D eigenvalue weighted by Gasteiger charge is -2.37. The monoisotopic (exact) mass is 1640 g/mol. The molecule has 0 unspecified atom stereocenters. The third kappa shape index (κ3) is 23.5. The van der Waals surface area contributed by atoms with Crippen molar-refractivity contribution in [2.24, 2.45) is 22.7 Å². The number of carbonyl (C=O) groups excluding carboxylic acids is 8. The van der Waals surface area contributed by atoms with E-state index >= 15 is 19.2 Å². The van der Waals surface area contributed by atoms with Crippen LogP contribution in [-0.4, -0.2) is 157 Å². The van der Waals surface area contributed by atoms with Gasteiger partial charge < -0.3 is 67.6 Å². The van der Waals surface area contributed by atoms with Crippen molar-refractivity contribution in [3.63, 3.8) is 0 Å². The normalized spacial score (nSPS) is 14.8. The summed E-state index contributed by atoms with van der Waals surface area (Å²) in [6.07, 6.45) is 4.09. The number of amides is 8. The van der Waals surface area contributed by atoms with Crippen molar-refractivity contribution in [1.29, 1.82) is 5.41 Å². The zero-order chi connectivity index (χ0) is 86.4. The summed E-state index contributed by atoms with van der Waals surface area (Å²) < 4.78 is 48.0. The summed E-state index contributed by atoms with van der Waals surface area (Å²) in [7, 11) is -4.53. The van der Waals surface area contributed by atoms with Crippen LogP contribution in [0.2, 0.25) is 0 Å². The highest BCUT2D eigenvalue weighted by Crippen LogP contribution is 2.46. The Hall–Kier alpha value is -11.8. The van der Waals surface area contributed by atoms with Crippen LogP contribution in [0.3, 0.4) is 0 Å². The predicted molar refractivity (Wildman–Crippen MR) is 448 cm³/mol. The number of terminal acetylenes is 1. The smallest absolute Gasteiger partial charge is 0.407 e. The molecule has 0 fully saturated rings. The van der Waals surface area contributed by atoms with Crippen molar-refractivity contribution in [2.45, 2.75) is 224 Å². The Morgan fingerprint density at radius 2 is 1.16 bits per heavy atom. The van der Waals surface area contributed by atoms with Gasteiger partial charge in [-0.2, -0.15) is 0 Å². The van der Waals surface area contributed by atoms with Gasteiger partial charge in [-0.15, -0.1) is 12.3 Å². The Morgan fingerprint density at radius 3 is 1.69 bits per heavy atom. The number of nitrogens with one attached hydrogen (secondary N) is 9. The van der Waals surface area contributed by atoms with Crippen molar-refractivity contribution in [3.05, 3.63) is 200 Å². The highest BCUT2D eigenvalue weighted by atomic mass is 32.2. The number of nitrogens with zero attached hydrogens (tertiary/aromatic N) is 4. The maximum atomic E-state index is 15.4. The largest absolute Gasteiger partial charge is 0.487 e. The van der Waals surface area contributed by atoms with Gasteiger partial charge in [0.25, 0.3) is 10.0 Å². The van der Waals surface area contributed by atoms with E-state index in [1.807, 2.05) is 153 Å². The van der Waals surface area contributed by atoms with Crippen molar-refractivity contribution < 1.29 is 70.9 Å². The van der Waals surface area contributed by atoms with Gasteiger partial charge in [-0.3, -0.25) is 39.0 Å². The summed E-state index contributed by atoms with van der Waals surface area (Å²) in [5.74, 6) is -7.08. The van der Waals surface area contributed by atoms with E-state index in [2.05, 4.69) is 58.5 Å². The molecule has 630 valence electrons. The number of unbranched alkanes of at least 4 members (excludes halogenated alkanes) is 1. The quantitative estimate of drug-likeness (QED) is 0.00248. The summed E-state index contributed by atoms with van der Waals surface area (Å²) in [6, 6.07) is 32.3. The Bertz CT molecular complexity index is 4670. The lowest BCUT2D eigenvalue weighted by atomic mass is 9.77. The number of azide groups is 1. The van der Waals surface area contributed by atoms with E-state index in [4.69, 9.17) is 37.3 Å². The third-order valence-electron chi connectivity index (χ3n) is 21.2. The number of benzene rings is 6. The number of ether oxygens (including phenoxy) is 3. The molecule has 0 bridgehead atoms. The lowest BCUT2D eigenvalue weighted by molar-refractivity contribution is -0.142. The second-order valence-electron chi connectivity index (χ2n) is 32.0. The molecular formula is C88H112N14O15S. The van der Waals surface area contributed by atoms with Crippen LogP contribution in [0, 0.1) is 50.4 Å². The Labute approximate surface area is 690 Å². The van der Waals surface area contributed by atoms with E-state index in [1.165, 1.54) is 0 Å². The average molecular weight is 1640 g/mol. The molecule has 2 aliphatic rings. The summed E-state index contributed by atoms with van der Waals surface area (Å²) in [5.41, 5.74) is 20.1. The summed E-state index contributed by atoms with van der Waals surface area (Å²) >= 11 is 0. The van der Waals surface area contributed by atoms with Crippen LogP contribution in [0.1, 0.15) is 183 Å². The molecule has 1 aliphatic heterocycles. The molecule has 0 radical (unpaired) electrons. The highest BCUT2D eigenvalue weighted by Gasteiger charge is 2.43. The number of carboxylic acids is 1. The first-order valence-electron chi connectivity index (χ1n) is 39.9. The van der Waals surface area contributed by atoms with E-state index in [1.54, 1.807) is 69.2 Å². The molecule has 8 atom stereocenters. The van der Waals surface area contributed by atoms with E-state index in [0.29, 0.717) is 61.8 Å². The van der Waals surface area contributed by atoms with Gasteiger partial charge in [-0.25, -0.2) is 22.3 Å². The number of carbonyl (C=O) groups is 9. The van der Waals surface area contributed by atoms with E-state index in [0.717, 1.165) is 22.3 Å². The number of hydrogen-bond acceptors (Lipinski definition) is 16. The number of sulfonamides is 1. The number of aliphatic carboxylic acids is 1. The van der Waals surface area contributed by atoms with Gasteiger partial charge in [0.2, 0.25) is 47.3 Å². The van der Waals surface area contributed by atoms with Crippen LogP contribution in [0.25, 0.3) is 21.6 Å².